The Balaban J connectivity index is 2.79. The minimum absolute atomic E-state index is 0.00555. The molecule has 10 N–H and O–H groups in total. The molecule has 34 heavy (non-hydrogen) atoms. The van der Waals surface area contributed by atoms with E-state index in [1.54, 1.807) is 0 Å². The molecule has 1 aromatic heterocycles. The summed E-state index contributed by atoms with van der Waals surface area (Å²) in [5.41, 5.74) is 11.6. The number of rotatable bonds is 16. The highest BCUT2D eigenvalue weighted by molar-refractivity contribution is 5.94. The van der Waals surface area contributed by atoms with Gasteiger partial charge in [-0.3, -0.25) is 19.2 Å². The van der Waals surface area contributed by atoms with E-state index in [-0.39, 0.29) is 25.7 Å². The van der Waals surface area contributed by atoms with Gasteiger partial charge in [0.1, 0.15) is 18.1 Å². The maximum absolute atomic E-state index is 12.8. The van der Waals surface area contributed by atoms with Crippen molar-refractivity contribution >= 4 is 29.7 Å². The number of hydrogen-bond donors (Lipinski definition) is 8. The Labute approximate surface area is 196 Å². The molecule has 0 aliphatic carbocycles. The summed E-state index contributed by atoms with van der Waals surface area (Å²) in [7, 11) is 0. The molecule has 14 nitrogen and oxygen atoms in total. The van der Waals surface area contributed by atoms with E-state index in [0.29, 0.717) is 25.1 Å². The molecule has 1 aromatic rings. The monoisotopic (exact) mass is 483 g/mol. The number of nitrogens with two attached hydrogens (primary N) is 2. The van der Waals surface area contributed by atoms with Gasteiger partial charge in [0.15, 0.2) is 0 Å². The molecule has 4 atom stereocenters. The third-order valence-electron chi connectivity index (χ3n) is 4.93. The highest BCUT2D eigenvalue weighted by Gasteiger charge is 2.28. The lowest BCUT2D eigenvalue weighted by molar-refractivity contribution is -0.142. The van der Waals surface area contributed by atoms with Crippen LogP contribution >= 0.6 is 0 Å². The van der Waals surface area contributed by atoms with E-state index in [4.69, 9.17) is 16.6 Å². The molecule has 0 aromatic carbocycles. The molecule has 4 unspecified atom stereocenters. The number of aromatic amines is 1. The lowest BCUT2D eigenvalue weighted by Gasteiger charge is -2.23. The third kappa shape index (κ3) is 10.4. The topological polar surface area (TPSA) is 243 Å². The number of aromatic nitrogens is 2. The number of nitrogens with one attached hydrogen (secondary N) is 4. The van der Waals surface area contributed by atoms with Crippen molar-refractivity contribution in [3.63, 3.8) is 0 Å². The fourth-order valence-corrected chi connectivity index (χ4v) is 2.94. The van der Waals surface area contributed by atoms with Crippen molar-refractivity contribution in [2.45, 2.75) is 69.6 Å². The van der Waals surface area contributed by atoms with E-state index in [9.17, 15) is 29.1 Å². The van der Waals surface area contributed by atoms with Gasteiger partial charge in [-0.25, -0.2) is 9.78 Å². The van der Waals surface area contributed by atoms with Crippen molar-refractivity contribution in [3.8, 4) is 0 Å². The Kier molecular flexibility index (Phi) is 12.2. The van der Waals surface area contributed by atoms with Gasteiger partial charge in [0.2, 0.25) is 17.7 Å². The van der Waals surface area contributed by atoms with Gasteiger partial charge in [-0.1, -0.05) is 0 Å². The van der Waals surface area contributed by atoms with Crippen LogP contribution in [0, 0.1) is 0 Å². The first-order chi connectivity index (χ1) is 16.0. The van der Waals surface area contributed by atoms with E-state index in [1.165, 1.54) is 19.4 Å². The number of carboxylic acids is 2. The molecule has 1 heterocycles. The second-order valence-corrected chi connectivity index (χ2v) is 7.80. The van der Waals surface area contributed by atoms with Crippen molar-refractivity contribution in [1.82, 2.24) is 25.9 Å². The van der Waals surface area contributed by atoms with Crippen LogP contribution in [0.1, 0.15) is 44.7 Å². The van der Waals surface area contributed by atoms with Crippen molar-refractivity contribution in [2.24, 2.45) is 11.5 Å². The number of carbonyl (C=O) groups excluding carboxylic acids is 3. The summed E-state index contributed by atoms with van der Waals surface area (Å²) in [6, 6.07) is -4.55. The van der Waals surface area contributed by atoms with Crippen LogP contribution in [0.15, 0.2) is 12.5 Å². The van der Waals surface area contributed by atoms with Gasteiger partial charge >= 0.3 is 11.9 Å². The molecule has 0 fully saturated rings. The van der Waals surface area contributed by atoms with Crippen LogP contribution in [0.25, 0.3) is 0 Å². The van der Waals surface area contributed by atoms with E-state index in [2.05, 4.69) is 25.9 Å². The standard InChI is InChI=1S/C20H33N7O7/c1-11(17(30)26-14(20(33)34)4-2-3-7-21)25-19(32)15(8-12-9-23-10-24-12)27-18(31)13(22)5-6-16(28)29/h9-11,13-15H,2-8,21-22H2,1H3,(H,23,24)(H,25,32)(H,26,30)(H,27,31)(H,28,29)(H,33,34). The molecule has 0 bridgehead atoms. The summed E-state index contributed by atoms with van der Waals surface area (Å²) in [4.78, 5) is 66.4. The molecule has 0 radical (unpaired) electrons. The molecule has 14 heteroatoms. The summed E-state index contributed by atoms with van der Waals surface area (Å²) in [6.07, 6.45) is 3.69. The first kappa shape index (κ1) is 28.5. The van der Waals surface area contributed by atoms with E-state index in [0.717, 1.165) is 0 Å². The number of unbranched alkanes of at least 4 members (excludes halogenated alkanes) is 1. The normalized spacial score (nSPS) is 14.3. The average Bonchev–Trinajstić information content (AvgIpc) is 3.29. The molecule has 0 saturated carbocycles. The quantitative estimate of drug-likeness (QED) is 0.118. The second kappa shape index (κ2) is 14.6. The largest absolute Gasteiger partial charge is 0.481 e. The van der Waals surface area contributed by atoms with Crippen LogP contribution in [-0.4, -0.2) is 80.6 Å². The number of hydrogen-bond acceptors (Lipinski definition) is 8. The molecule has 0 aliphatic heterocycles. The summed E-state index contributed by atoms with van der Waals surface area (Å²) >= 11 is 0. The van der Waals surface area contributed by atoms with Crippen LogP contribution < -0.4 is 27.4 Å². The van der Waals surface area contributed by atoms with Crippen molar-refractivity contribution in [3.05, 3.63) is 18.2 Å². The molecule has 0 spiro atoms. The van der Waals surface area contributed by atoms with Crippen LogP contribution in [0.4, 0.5) is 0 Å². The zero-order chi connectivity index (χ0) is 25.7. The summed E-state index contributed by atoms with van der Waals surface area (Å²) < 4.78 is 0. The number of H-pyrrole nitrogens is 1. The molecule has 1 rings (SSSR count). The lowest BCUT2D eigenvalue weighted by atomic mass is 10.1. The highest BCUT2D eigenvalue weighted by Crippen LogP contribution is 2.04. The maximum atomic E-state index is 12.8. The van der Waals surface area contributed by atoms with Crippen LogP contribution in [0.3, 0.4) is 0 Å². The highest BCUT2D eigenvalue weighted by atomic mass is 16.4. The fourth-order valence-electron chi connectivity index (χ4n) is 2.94. The van der Waals surface area contributed by atoms with Gasteiger partial charge in [-0.15, -0.1) is 0 Å². The predicted molar refractivity (Wildman–Crippen MR) is 119 cm³/mol. The number of carbonyl (C=O) groups is 5. The summed E-state index contributed by atoms with van der Waals surface area (Å²) in [5, 5.41) is 25.3. The van der Waals surface area contributed by atoms with E-state index < -0.39 is 53.8 Å². The fraction of sp³-hybridized carbons (Fsp3) is 0.600. The zero-order valence-corrected chi connectivity index (χ0v) is 19.0. The lowest BCUT2D eigenvalue weighted by Crippen LogP contribution is -2.56. The molecule has 3 amide bonds. The second-order valence-electron chi connectivity index (χ2n) is 7.80. The first-order valence-electron chi connectivity index (χ1n) is 10.8. The Morgan fingerprint density at radius 2 is 1.68 bits per heavy atom. The number of carboxylic acid groups (broad SMARTS) is 2. The number of imidazole rings is 1. The molecule has 190 valence electrons. The Morgan fingerprint density at radius 1 is 1.00 bits per heavy atom. The smallest absolute Gasteiger partial charge is 0.326 e. The third-order valence-corrected chi connectivity index (χ3v) is 4.93. The van der Waals surface area contributed by atoms with Crippen molar-refractivity contribution in [2.75, 3.05) is 6.54 Å². The minimum Gasteiger partial charge on any atom is -0.481 e. The van der Waals surface area contributed by atoms with E-state index in [1.807, 2.05) is 0 Å². The number of amides is 3. The van der Waals surface area contributed by atoms with Crippen molar-refractivity contribution < 1.29 is 34.2 Å². The summed E-state index contributed by atoms with van der Waals surface area (Å²) in [5.74, 6) is -4.48. The molecular weight excluding hydrogens is 450 g/mol. The number of aliphatic carboxylic acids is 2. The first-order valence-corrected chi connectivity index (χ1v) is 10.8. The van der Waals surface area contributed by atoms with Crippen molar-refractivity contribution in [1.29, 1.82) is 0 Å². The number of nitrogens with zero attached hydrogens (tertiary/aromatic N) is 1. The van der Waals surface area contributed by atoms with Gasteiger partial charge in [-0.2, -0.15) is 0 Å². The maximum Gasteiger partial charge on any atom is 0.326 e. The minimum atomic E-state index is -1.20. The van der Waals surface area contributed by atoms with E-state index >= 15 is 0 Å². The Bertz CT molecular complexity index is 831. The molecule has 0 aliphatic rings. The molecular formula is C20H33N7O7. The van der Waals surface area contributed by atoms with Crippen LogP contribution in [0.5, 0.6) is 0 Å². The van der Waals surface area contributed by atoms with Gasteiger partial charge in [0.25, 0.3) is 0 Å². The van der Waals surface area contributed by atoms with Gasteiger partial charge in [-0.05, 0) is 39.2 Å². The van der Waals surface area contributed by atoms with Crippen LogP contribution in [-0.2, 0) is 30.4 Å². The SMILES string of the molecule is CC(NC(=O)C(Cc1cnc[nH]1)NC(=O)C(N)CCC(=O)O)C(=O)NC(CCCCN)C(=O)O. The van der Waals surface area contributed by atoms with Gasteiger partial charge < -0.3 is 42.6 Å². The zero-order valence-electron chi connectivity index (χ0n) is 19.0. The van der Waals surface area contributed by atoms with Gasteiger partial charge in [0, 0.05) is 24.7 Å². The van der Waals surface area contributed by atoms with Gasteiger partial charge in [0.05, 0.1) is 12.4 Å². The Morgan fingerprint density at radius 3 is 2.24 bits per heavy atom. The Hall–Kier alpha value is -3.52. The molecule has 0 saturated heterocycles. The summed E-state index contributed by atoms with van der Waals surface area (Å²) in [6.45, 7) is 1.77. The average molecular weight is 484 g/mol. The van der Waals surface area contributed by atoms with Crippen LogP contribution in [0.2, 0.25) is 0 Å². The predicted octanol–water partition coefficient (Wildman–Crippen LogP) is -2.17.